The molecule has 1 rings (SSSR count). The highest BCUT2D eigenvalue weighted by Crippen LogP contribution is 2.08. The minimum absolute atomic E-state index is 0.0640. The molecular formula is C9H9F2NO2. The van der Waals surface area contributed by atoms with Gasteiger partial charge >= 0.3 is 0 Å². The summed E-state index contributed by atoms with van der Waals surface area (Å²) in [5.41, 5.74) is 0.174. The predicted molar refractivity (Wildman–Crippen MR) is 45.3 cm³/mol. The van der Waals surface area contributed by atoms with Gasteiger partial charge in [-0.2, -0.15) is 0 Å². The smallest absolute Gasteiger partial charge is 0.245 e. The van der Waals surface area contributed by atoms with E-state index in [1.807, 2.05) is 0 Å². The van der Waals surface area contributed by atoms with Crippen LogP contribution in [0.2, 0.25) is 0 Å². The summed E-state index contributed by atoms with van der Waals surface area (Å²) in [5, 5.41) is 10.6. The van der Waals surface area contributed by atoms with Crippen molar-refractivity contribution in [2.24, 2.45) is 0 Å². The van der Waals surface area contributed by atoms with Gasteiger partial charge < -0.3 is 10.4 Å². The number of aliphatic hydroxyl groups is 1. The van der Waals surface area contributed by atoms with Crippen molar-refractivity contribution < 1.29 is 18.7 Å². The number of hydrogen-bond donors (Lipinski definition) is 2. The largest absolute Gasteiger partial charge is 0.387 e. The first-order valence-corrected chi connectivity index (χ1v) is 3.95. The van der Waals surface area contributed by atoms with Crippen LogP contribution in [0.3, 0.4) is 0 Å². The van der Waals surface area contributed by atoms with E-state index in [4.69, 9.17) is 5.11 Å². The highest BCUT2D eigenvalue weighted by atomic mass is 19.1. The van der Waals surface area contributed by atoms with Crippen LogP contribution in [0.5, 0.6) is 0 Å². The summed E-state index contributed by atoms with van der Waals surface area (Å²) in [4.78, 5) is 10.6. The van der Waals surface area contributed by atoms with Gasteiger partial charge in [0.2, 0.25) is 5.91 Å². The molecule has 14 heavy (non-hydrogen) atoms. The van der Waals surface area contributed by atoms with Crippen molar-refractivity contribution in [1.82, 2.24) is 5.32 Å². The average Bonchev–Trinajstić information content (AvgIpc) is 2.16. The highest BCUT2D eigenvalue weighted by Gasteiger charge is 2.04. The fourth-order valence-electron chi connectivity index (χ4n) is 0.915. The zero-order valence-electron chi connectivity index (χ0n) is 7.26. The number of hydrogen-bond acceptors (Lipinski definition) is 2. The molecule has 5 heteroatoms. The Kier molecular flexibility index (Phi) is 3.53. The number of rotatable bonds is 3. The average molecular weight is 201 g/mol. The summed E-state index contributed by atoms with van der Waals surface area (Å²) < 4.78 is 25.4. The van der Waals surface area contributed by atoms with Crippen molar-refractivity contribution in [2.75, 3.05) is 6.61 Å². The fraction of sp³-hybridized carbons (Fsp3) is 0.222. The van der Waals surface area contributed by atoms with Crippen molar-refractivity contribution in [1.29, 1.82) is 0 Å². The van der Waals surface area contributed by atoms with E-state index in [0.29, 0.717) is 0 Å². The lowest BCUT2D eigenvalue weighted by molar-refractivity contribution is -0.123. The summed E-state index contributed by atoms with van der Waals surface area (Å²) in [6.45, 7) is -0.714. The van der Waals surface area contributed by atoms with E-state index in [-0.39, 0.29) is 12.1 Å². The van der Waals surface area contributed by atoms with E-state index in [0.717, 1.165) is 12.1 Å². The second kappa shape index (κ2) is 4.66. The molecule has 0 saturated carbocycles. The number of amides is 1. The Bertz CT molecular complexity index is 342. The summed E-state index contributed by atoms with van der Waals surface area (Å²) in [6.07, 6.45) is 0. The van der Waals surface area contributed by atoms with Crippen LogP contribution in [0.25, 0.3) is 0 Å². The maximum absolute atomic E-state index is 13.0. The number of benzene rings is 1. The Hall–Kier alpha value is -1.49. The van der Waals surface area contributed by atoms with Gasteiger partial charge in [0.15, 0.2) is 0 Å². The Balaban J connectivity index is 2.63. The summed E-state index contributed by atoms with van der Waals surface area (Å²) in [6, 6.07) is 3.08. The van der Waals surface area contributed by atoms with Gasteiger partial charge in [-0.25, -0.2) is 8.78 Å². The van der Waals surface area contributed by atoms with Crippen molar-refractivity contribution in [3.63, 3.8) is 0 Å². The van der Waals surface area contributed by atoms with E-state index < -0.39 is 24.1 Å². The van der Waals surface area contributed by atoms with Crippen LogP contribution in [-0.4, -0.2) is 17.6 Å². The monoisotopic (exact) mass is 201 g/mol. The third-order valence-corrected chi connectivity index (χ3v) is 1.63. The molecule has 0 aromatic heterocycles. The molecule has 2 N–H and O–H groups in total. The molecule has 0 bridgehead atoms. The molecule has 0 unspecified atom stereocenters. The van der Waals surface area contributed by atoms with Gasteiger partial charge in [0.05, 0.1) is 0 Å². The molecule has 0 heterocycles. The van der Waals surface area contributed by atoms with Gasteiger partial charge in [-0.05, 0) is 6.07 Å². The quantitative estimate of drug-likeness (QED) is 0.751. The van der Waals surface area contributed by atoms with Crippen molar-refractivity contribution in [3.05, 3.63) is 35.4 Å². The van der Waals surface area contributed by atoms with E-state index in [1.54, 1.807) is 0 Å². The Labute approximate surface area is 79.4 Å². The highest BCUT2D eigenvalue weighted by molar-refractivity contribution is 5.76. The second-order valence-corrected chi connectivity index (χ2v) is 2.67. The molecule has 76 valence electrons. The van der Waals surface area contributed by atoms with Crippen LogP contribution >= 0.6 is 0 Å². The van der Waals surface area contributed by atoms with Gasteiger partial charge in [0.25, 0.3) is 0 Å². The van der Waals surface area contributed by atoms with Gasteiger partial charge in [0, 0.05) is 18.2 Å². The summed E-state index contributed by atoms with van der Waals surface area (Å²) >= 11 is 0. The maximum Gasteiger partial charge on any atom is 0.245 e. The van der Waals surface area contributed by atoms with Crippen LogP contribution in [0.1, 0.15) is 5.56 Å². The molecule has 0 aliphatic carbocycles. The number of carbonyl (C=O) groups excluding carboxylic acids is 1. The molecule has 1 aromatic rings. The summed E-state index contributed by atoms with van der Waals surface area (Å²) in [7, 11) is 0. The third-order valence-electron chi connectivity index (χ3n) is 1.63. The molecule has 3 nitrogen and oxygen atoms in total. The number of carbonyl (C=O) groups is 1. The van der Waals surface area contributed by atoms with E-state index >= 15 is 0 Å². The molecular weight excluding hydrogens is 192 g/mol. The topological polar surface area (TPSA) is 49.3 Å². The first-order chi connectivity index (χ1) is 6.63. The first kappa shape index (κ1) is 10.6. The molecule has 0 spiro atoms. The summed E-state index contributed by atoms with van der Waals surface area (Å²) in [5.74, 6) is -1.99. The minimum atomic E-state index is -0.719. The zero-order chi connectivity index (χ0) is 10.6. The lowest BCUT2D eigenvalue weighted by atomic mass is 10.2. The molecule has 0 aliphatic heterocycles. The molecule has 0 fully saturated rings. The third kappa shape index (κ3) is 2.77. The minimum Gasteiger partial charge on any atom is -0.387 e. The number of halogens is 2. The molecule has 1 amide bonds. The van der Waals surface area contributed by atoms with Crippen LogP contribution in [0.4, 0.5) is 8.78 Å². The molecule has 1 aromatic carbocycles. The molecule has 0 radical (unpaired) electrons. The molecule has 0 atom stereocenters. The number of nitrogens with one attached hydrogen (secondary N) is 1. The first-order valence-electron chi connectivity index (χ1n) is 3.95. The molecule has 0 saturated heterocycles. The Morgan fingerprint density at radius 2 is 2.14 bits per heavy atom. The van der Waals surface area contributed by atoms with Crippen LogP contribution in [0.15, 0.2) is 18.2 Å². The van der Waals surface area contributed by atoms with Crippen molar-refractivity contribution in [2.45, 2.75) is 6.54 Å². The van der Waals surface area contributed by atoms with Crippen molar-refractivity contribution >= 4 is 5.91 Å². The van der Waals surface area contributed by atoms with Gasteiger partial charge in [-0.3, -0.25) is 4.79 Å². The lowest BCUT2D eigenvalue weighted by Crippen LogP contribution is -2.25. The second-order valence-electron chi connectivity index (χ2n) is 2.67. The SMILES string of the molecule is O=C(CO)NCc1ccc(F)cc1F. The van der Waals surface area contributed by atoms with E-state index in [9.17, 15) is 13.6 Å². The molecule has 0 aliphatic rings. The van der Waals surface area contributed by atoms with Crippen LogP contribution < -0.4 is 5.32 Å². The normalized spacial score (nSPS) is 9.93. The fourth-order valence-corrected chi connectivity index (χ4v) is 0.915. The van der Waals surface area contributed by atoms with Gasteiger partial charge in [-0.1, -0.05) is 6.07 Å². The van der Waals surface area contributed by atoms with Gasteiger partial charge in [-0.15, -0.1) is 0 Å². The van der Waals surface area contributed by atoms with E-state index in [1.165, 1.54) is 6.07 Å². The Morgan fingerprint density at radius 1 is 1.43 bits per heavy atom. The van der Waals surface area contributed by atoms with Crippen LogP contribution in [-0.2, 0) is 11.3 Å². The maximum atomic E-state index is 13.0. The number of aliphatic hydroxyl groups excluding tert-OH is 1. The van der Waals surface area contributed by atoms with Gasteiger partial charge in [0.1, 0.15) is 18.2 Å². The predicted octanol–water partition coefficient (Wildman–Crippen LogP) is 0.573. The lowest BCUT2D eigenvalue weighted by Gasteiger charge is -2.04. The standard InChI is InChI=1S/C9H9F2NO2/c10-7-2-1-6(8(11)3-7)4-12-9(14)5-13/h1-3,13H,4-5H2,(H,12,14). The van der Waals surface area contributed by atoms with E-state index in [2.05, 4.69) is 5.32 Å². The van der Waals surface area contributed by atoms with Crippen LogP contribution in [0, 0.1) is 11.6 Å². The van der Waals surface area contributed by atoms with Crippen molar-refractivity contribution in [3.8, 4) is 0 Å². The zero-order valence-corrected chi connectivity index (χ0v) is 7.26. The Morgan fingerprint density at radius 3 is 2.71 bits per heavy atom.